The Bertz CT molecular complexity index is 1100. The van der Waals surface area contributed by atoms with Crippen LogP contribution < -0.4 is 18.9 Å². The van der Waals surface area contributed by atoms with Crippen molar-refractivity contribution in [2.45, 2.75) is 13.5 Å². The average Bonchev–Trinajstić information content (AvgIpc) is 3.10. The molecule has 0 saturated heterocycles. The lowest BCUT2D eigenvalue weighted by Gasteiger charge is -2.12. The molecule has 3 aromatic rings. The first-order valence-corrected chi connectivity index (χ1v) is 9.56. The Balaban J connectivity index is 1.52. The molecule has 0 amide bonds. The standard InChI is InChI=1S/C25H22O5/c1-16-22(29-15-18-6-10-20(28-3)11-7-18)13-12-21-24(26)23(30-25(16)21)14-17-4-8-19(27-2)9-5-17/h4-14H,15H2,1-3H3/b23-14-. The molecule has 1 aliphatic rings. The number of Topliss-reactive ketones (excluding diaryl/α,β-unsaturated/α-hetero) is 1. The van der Waals surface area contributed by atoms with Gasteiger partial charge in [0.15, 0.2) is 5.76 Å². The van der Waals surface area contributed by atoms with Crippen molar-refractivity contribution in [1.29, 1.82) is 0 Å². The number of ether oxygens (including phenoxy) is 4. The Morgan fingerprint density at radius 3 is 2.13 bits per heavy atom. The van der Waals surface area contributed by atoms with E-state index in [0.29, 0.717) is 29.4 Å². The van der Waals surface area contributed by atoms with E-state index in [0.717, 1.165) is 28.2 Å². The van der Waals surface area contributed by atoms with E-state index in [4.69, 9.17) is 18.9 Å². The van der Waals surface area contributed by atoms with E-state index in [1.54, 1.807) is 26.4 Å². The first-order valence-electron chi connectivity index (χ1n) is 9.56. The summed E-state index contributed by atoms with van der Waals surface area (Å²) in [6, 6.07) is 18.7. The molecule has 0 unspecified atom stereocenters. The molecule has 4 rings (SSSR count). The molecule has 0 atom stereocenters. The van der Waals surface area contributed by atoms with Gasteiger partial charge >= 0.3 is 0 Å². The van der Waals surface area contributed by atoms with Crippen molar-refractivity contribution in [3.63, 3.8) is 0 Å². The number of ketones is 1. The third-order valence-electron chi connectivity index (χ3n) is 5.00. The second-order valence-electron chi connectivity index (χ2n) is 6.92. The summed E-state index contributed by atoms with van der Waals surface area (Å²) in [5, 5.41) is 0. The van der Waals surface area contributed by atoms with Gasteiger partial charge in [0.25, 0.3) is 0 Å². The number of hydrogen-bond donors (Lipinski definition) is 0. The van der Waals surface area contributed by atoms with Gasteiger partial charge in [0.2, 0.25) is 5.78 Å². The Labute approximate surface area is 175 Å². The minimum Gasteiger partial charge on any atom is -0.497 e. The van der Waals surface area contributed by atoms with Gasteiger partial charge in [-0.2, -0.15) is 0 Å². The molecular formula is C25H22O5. The van der Waals surface area contributed by atoms with E-state index in [2.05, 4.69) is 0 Å². The first-order chi connectivity index (χ1) is 14.6. The summed E-state index contributed by atoms with van der Waals surface area (Å²) in [4.78, 5) is 12.8. The van der Waals surface area contributed by atoms with Crippen LogP contribution in [0.15, 0.2) is 66.4 Å². The number of carbonyl (C=O) groups is 1. The number of methoxy groups -OCH3 is 2. The lowest BCUT2D eigenvalue weighted by Crippen LogP contribution is -1.98. The van der Waals surface area contributed by atoms with Crippen LogP contribution in [0.3, 0.4) is 0 Å². The minimum absolute atomic E-state index is 0.134. The van der Waals surface area contributed by atoms with Gasteiger partial charge in [-0.3, -0.25) is 4.79 Å². The Morgan fingerprint density at radius 2 is 1.50 bits per heavy atom. The van der Waals surface area contributed by atoms with Gasteiger partial charge in [0.05, 0.1) is 19.8 Å². The molecule has 0 spiro atoms. The van der Waals surface area contributed by atoms with E-state index in [-0.39, 0.29) is 5.78 Å². The lowest BCUT2D eigenvalue weighted by atomic mass is 10.1. The smallest absolute Gasteiger partial charge is 0.231 e. The first kappa shape index (κ1) is 19.6. The van der Waals surface area contributed by atoms with Crippen LogP contribution in [0.5, 0.6) is 23.0 Å². The predicted molar refractivity (Wildman–Crippen MR) is 114 cm³/mol. The Hall–Kier alpha value is -3.73. The lowest BCUT2D eigenvalue weighted by molar-refractivity contribution is 0.101. The molecule has 0 aromatic heterocycles. The van der Waals surface area contributed by atoms with Gasteiger partial charge in [0, 0.05) is 5.56 Å². The zero-order valence-corrected chi connectivity index (χ0v) is 17.1. The fourth-order valence-corrected chi connectivity index (χ4v) is 3.26. The van der Waals surface area contributed by atoms with Crippen LogP contribution in [0.25, 0.3) is 6.08 Å². The maximum absolute atomic E-state index is 12.8. The molecule has 3 aromatic carbocycles. The largest absolute Gasteiger partial charge is 0.497 e. The Morgan fingerprint density at radius 1 is 0.867 bits per heavy atom. The zero-order valence-electron chi connectivity index (χ0n) is 17.1. The fraction of sp³-hybridized carbons (Fsp3) is 0.160. The van der Waals surface area contributed by atoms with Crippen LogP contribution in [0.2, 0.25) is 0 Å². The predicted octanol–water partition coefficient (Wildman–Crippen LogP) is 5.21. The molecule has 1 aliphatic heterocycles. The number of carbonyl (C=O) groups excluding carboxylic acids is 1. The third kappa shape index (κ3) is 3.87. The molecule has 1 heterocycles. The van der Waals surface area contributed by atoms with Crippen molar-refractivity contribution in [1.82, 2.24) is 0 Å². The topological polar surface area (TPSA) is 54.0 Å². The van der Waals surface area contributed by atoms with Crippen LogP contribution in [0.1, 0.15) is 27.0 Å². The van der Waals surface area contributed by atoms with E-state index < -0.39 is 0 Å². The second-order valence-corrected chi connectivity index (χ2v) is 6.92. The molecule has 0 radical (unpaired) electrons. The highest BCUT2D eigenvalue weighted by Crippen LogP contribution is 2.39. The number of hydrogen-bond acceptors (Lipinski definition) is 5. The minimum atomic E-state index is -0.134. The summed E-state index contributed by atoms with van der Waals surface area (Å²) in [7, 11) is 3.25. The number of benzene rings is 3. The maximum atomic E-state index is 12.8. The van der Waals surface area contributed by atoms with Crippen molar-refractivity contribution >= 4 is 11.9 Å². The van der Waals surface area contributed by atoms with Crippen molar-refractivity contribution in [3.05, 3.63) is 88.7 Å². The molecule has 0 aliphatic carbocycles. The molecular weight excluding hydrogens is 380 g/mol. The number of allylic oxidation sites excluding steroid dienone is 1. The summed E-state index contributed by atoms with van der Waals surface area (Å²) in [6.45, 7) is 2.30. The Kier molecular flexibility index (Phi) is 5.44. The highest BCUT2D eigenvalue weighted by Gasteiger charge is 2.30. The quantitative estimate of drug-likeness (QED) is 0.530. The molecule has 5 nitrogen and oxygen atoms in total. The van der Waals surface area contributed by atoms with Crippen LogP contribution in [-0.4, -0.2) is 20.0 Å². The van der Waals surface area contributed by atoms with Gasteiger partial charge in [0.1, 0.15) is 29.6 Å². The monoisotopic (exact) mass is 402 g/mol. The highest BCUT2D eigenvalue weighted by molar-refractivity contribution is 6.14. The van der Waals surface area contributed by atoms with Gasteiger partial charge < -0.3 is 18.9 Å². The van der Waals surface area contributed by atoms with Gasteiger partial charge in [-0.15, -0.1) is 0 Å². The molecule has 0 N–H and O–H groups in total. The SMILES string of the molecule is COc1ccc(/C=C2\Oc3c(ccc(OCc4ccc(OC)cc4)c3C)C2=O)cc1. The van der Waals surface area contributed by atoms with E-state index in [1.165, 1.54) is 0 Å². The summed E-state index contributed by atoms with van der Waals surface area (Å²) >= 11 is 0. The molecule has 0 bridgehead atoms. The summed E-state index contributed by atoms with van der Waals surface area (Å²) in [5.41, 5.74) is 3.23. The molecule has 0 fully saturated rings. The van der Waals surface area contributed by atoms with Gasteiger partial charge in [-0.1, -0.05) is 24.3 Å². The second kappa shape index (κ2) is 8.33. The average molecular weight is 402 g/mol. The van der Waals surface area contributed by atoms with Gasteiger partial charge in [-0.05, 0) is 60.5 Å². The van der Waals surface area contributed by atoms with E-state index in [9.17, 15) is 4.79 Å². The van der Waals surface area contributed by atoms with Crippen LogP contribution in [0, 0.1) is 6.92 Å². The highest BCUT2D eigenvalue weighted by atomic mass is 16.5. The number of fused-ring (bicyclic) bond motifs is 1. The summed E-state index contributed by atoms with van der Waals surface area (Å²) in [6.07, 6.45) is 1.74. The molecule has 5 heteroatoms. The normalized spacial score (nSPS) is 13.7. The van der Waals surface area contributed by atoms with Crippen LogP contribution in [-0.2, 0) is 6.61 Å². The van der Waals surface area contributed by atoms with Crippen LogP contribution in [0.4, 0.5) is 0 Å². The summed E-state index contributed by atoms with van der Waals surface area (Å²) < 4.78 is 22.2. The molecule has 152 valence electrons. The molecule has 30 heavy (non-hydrogen) atoms. The fourth-order valence-electron chi connectivity index (χ4n) is 3.26. The third-order valence-corrected chi connectivity index (χ3v) is 5.00. The van der Waals surface area contributed by atoms with E-state index >= 15 is 0 Å². The van der Waals surface area contributed by atoms with Crippen molar-refractivity contribution in [3.8, 4) is 23.0 Å². The van der Waals surface area contributed by atoms with Crippen molar-refractivity contribution < 1.29 is 23.7 Å². The van der Waals surface area contributed by atoms with E-state index in [1.807, 2.05) is 61.5 Å². The van der Waals surface area contributed by atoms with Gasteiger partial charge in [-0.25, -0.2) is 0 Å². The summed E-state index contributed by atoms with van der Waals surface area (Å²) in [5.74, 6) is 2.95. The number of rotatable bonds is 6. The van der Waals surface area contributed by atoms with Crippen LogP contribution >= 0.6 is 0 Å². The zero-order chi connectivity index (χ0) is 21.1. The maximum Gasteiger partial charge on any atom is 0.231 e. The van der Waals surface area contributed by atoms with Crippen molar-refractivity contribution in [2.24, 2.45) is 0 Å². The molecule has 0 saturated carbocycles. The van der Waals surface area contributed by atoms with Crippen molar-refractivity contribution in [2.75, 3.05) is 14.2 Å².